The van der Waals surface area contributed by atoms with Crippen molar-refractivity contribution in [2.45, 2.75) is 71.6 Å². The molecule has 1 atom stereocenters. The second-order valence-electron chi connectivity index (χ2n) is 4.70. The highest BCUT2D eigenvalue weighted by molar-refractivity contribution is 4.84. The summed E-state index contributed by atoms with van der Waals surface area (Å²) in [5, 5.41) is 0. The summed E-state index contributed by atoms with van der Waals surface area (Å²) in [6, 6.07) is 0. The maximum Gasteiger partial charge on any atom is -0.0233 e. The van der Waals surface area contributed by atoms with Gasteiger partial charge in [0.15, 0.2) is 0 Å². The molecule has 0 heterocycles. The molecule has 0 aromatic carbocycles. The molecular weight excluding hydrogens is 192 g/mol. The van der Waals surface area contributed by atoms with Crippen LogP contribution in [0.3, 0.4) is 0 Å². The van der Waals surface area contributed by atoms with E-state index in [2.05, 4.69) is 38.7 Å². The molecule has 0 aliphatic carbocycles. The molecule has 0 bridgehead atoms. The monoisotopic (exact) mass is 222 g/mol. The van der Waals surface area contributed by atoms with Gasteiger partial charge >= 0.3 is 0 Å². The van der Waals surface area contributed by atoms with E-state index in [9.17, 15) is 0 Å². The minimum Gasteiger partial charge on any atom is -0.103 e. The van der Waals surface area contributed by atoms with Crippen molar-refractivity contribution in [3.8, 4) is 0 Å². The first-order chi connectivity index (χ1) is 7.85. The van der Waals surface area contributed by atoms with Crippen LogP contribution >= 0.6 is 0 Å². The van der Waals surface area contributed by atoms with E-state index in [1.54, 1.807) is 0 Å². The summed E-state index contributed by atoms with van der Waals surface area (Å²) >= 11 is 0. The van der Waals surface area contributed by atoms with Crippen LogP contribution in [0.15, 0.2) is 24.8 Å². The fraction of sp³-hybridized carbons (Fsp3) is 0.750. The summed E-state index contributed by atoms with van der Waals surface area (Å²) in [4.78, 5) is 0. The van der Waals surface area contributed by atoms with Crippen molar-refractivity contribution in [1.82, 2.24) is 0 Å². The summed E-state index contributed by atoms with van der Waals surface area (Å²) in [5.74, 6) is 0.738. The Morgan fingerprint density at radius 1 is 1.00 bits per heavy atom. The van der Waals surface area contributed by atoms with E-state index in [0.717, 1.165) is 5.92 Å². The zero-order chi connectivity index (χ0) is 12.1. The largest absolute Gasteiger partial charge is 0.103 e. The molecule has 0 aliphatic rings. The highest BCUT2D eigenvalue weighted by Gasteiger charge is 2.02. The number of unbranched alkanes of at least 4 members (excludes halogenated alkanes) is 5. The van der Waals surface area contributed by atoms with E-state index in [4.69, 9.17) is 0 Å². The van der Waals surface area contributed by atoms with Crippen LogP contribution in [0.25, 0.3) is 0 Å². The zero-order valence-electron chi connectivity index (χ0n) is 11.4. The van der Waals surface area contributed by atoms with Crippen LogP contribution in [0.4, 0.5) is 0 Å². The Hall–Kier alpha value is -0.520. The second kappa shape index (κ2) is 12.5. The summed E-state index contributed by atoms with van der Waals surface area (Å²) in [7, 11) is 0. The molecule has 0 aliphatic heterocycles. The molecule has 0 heteroatoms. The summed E-state index contributed by atoms with van der Waals surface area (Å²) < 4.78 is 0. The molecule has 0 N–H and O–H groups in total. The van der Waals surface area contributed by atoms with Crippen LogP contribution < -0.4 is 0 Å². The van der Waals surface area contributed by atoms with Crippen molar-refractivity contribution in [2.75, 3.05) is 0 Å². The molecule has 0 aromatic heterocycles. The molecule has 0 amide bonds. The van der Waals surface area contributed by atoms with E-state index in [-0.39, 0.29) is 0 Å². The van der Waals surface area contributed by atoms with Crippen LogP contribution in [-0.2, 0) is 0 Å². The molecule has 0 fully saturated rings. The standard InChI is InChI=1S/C16H30/c1-4-7-9-10-11-13-15-16(6-3)14-12-8-5-2/h5-6,8,16H,3-4,7,9-15H2,1-2H3. The average molecular weight is 222 g/mol. The Bertz CT molecular complexity index is 167. The topological polar surface area (TPSA) is 0 Å². The molecule has 0 spiro atoms. The van der Waals surface area contributed by atoms with Gasteiger partial charge < -0.3 is 0 Å². The molecule has 0 radical (unpaired) electrons. The van der Waals surface area contributed by atoms with Gasteiger partial charge in [-0.05, 0) is 32.1 Å². The molecule has 16 heavy (non-hydrogen) atoms. The maximum atomic E-state index is 3.94. The Labute approximate surface area is 103 Å². The van der Waals surface area contributed by atoms with Gasteiger partial charge in [-0.1, -0.05) is 63.7 Å². The quantitative estimate of drug-likeness (QED) is 0.302. The normalized spacial score (nSPS) is 13.1. The minimum atomic E-state index is 0.738. The second-order valence-corrected chi connectivity index (χ2v) is 4.70. The van der Waals surface area contributed by atoms with Crippen molar-refractivity contribution in [3.63, 3.8) is 0 Å². The van der Waals surface area contributed by atoms with Crippen LogP contribution in [-0.4, -0.2) is 0 Å². The van der Waals surface area contributed by atoms with Crippen molar-refractivity contribution < 1.29 is 0 Å². The molecule has 0 saturated heterocycles. The highest BCUT2D eigenvalue weighted by Crippen LogP contribution is 2.17. The van der Waals surface area contributed by atoms with Gasteiger partial charge in [-0.15, -0.1) is 6.58 Å². The lowest BCUT2D eigenvalue weighted by atomic mass is 9.96. The SMILES string of the molecule is C=CC(CCC=CC)CCCCCCCC. The van der Waals surface area contributed by atoms with Crippen molar-refractivity contribution in [1.29, 1.82) is 0 Å². The van der Waals surface area contributed by atoms with Gasteiger partial charge in [0.25, 0.3) is 0 Å². The first-order valence-corrected chi connectivity index (χ1v) is 7.08. The van der Waals surface area contributed by atoms with Crippen molar-refractivity contribution >= 4 is 0 Å². The molecule has 0 nitrogen and oxygen atoms in total. The Balaban J connectivity index is 3.36. The van der Waals surface area contributed by atoms with Gasteiger partial charge in [-0.2, -0.15) is 0 Å². The lowest BCUT2D eigenvalue weighted by Gasteiger charge is -2.10. The zero-order valence-corrected chi connectivity index (χ0v) is 11.4. The van der Waals surface area contributed by atoms with Gasteiger partial charge in [0.1, 0.15) is 0 Å². The summed E-state index contributed by atoms with van der Waals surface area (Å²) in [6.45, 7) is 8.31. The van der Waals surface area contributed by atoms with Gasteiger partial charge in [0.05, 0.1) is 0 Å². The minimum absolute atomic E-state index is 0.738. The van der Waals surface area contributed by atoms with Crippen LogP contribution in [0.1, 0.15) is 71.6 Å². The number of hydrogen-bond acceptors (Lipinski definition) is 0. The Kier molecular flexibility index (Phi) is 12.1. The Morgan fingerprint density at radius 2 is 1.69 bits per heavy atom. The third kappa shape index (κ3) is 10.0. The van der Waals surface area contributed by atoms with Gasteiger partial charge in [0.2, 0.25) is 0 Å². The third-order valence-electron chi connectivity index (χ3n) is 3.20. The first-order valence-electron chi connectivity index (χ1n) is 7.08. The van der Waals surface area contributed by atoms with Gasteiger partial charge in [0, 0.05) is 0 Å². The summed E-state index contributed by atoms with van der Waals surface area (Å²) in [6.07, 6.45) is 18.8. The average Bonchev–Trinajstić information content (AvgIpc) is 2.31. The van der Waals surface area contributed by atoms with E-state index in [1.807, 2.05) is 0 Å². The molecule has 94 valence electrons. The van der Waals surface area contributed by atoms with Crippen LogP contribution in [0, 0.1) is 5.92 Å². The van der Waals surface area contributed by atoms with Crippen molar-refractivity contribution in [2.24, 2.45) is 5.92 Å². The van der Waals surface area contributed by atoms with E-state index < -0.39 is 0 Å². The summed E-state index contributed by atoms with van der Waals surface area (Å²) in [5.41, 5.74) is 0. The smallest absolute Gasteiger partial charge is 0.0233 e. The fourth-order valence-electron chi connectivity index (χ4n) is 2.04. The maximum absolute atomic E-state index is 3.94. The van der Waals surface area contributed by atoms with Crippen LogP contribution in [0.2, 0.25) is 0 Å². The predicted molar refractivity (Wildman–Crippen MR) is 75.7 cm³/mol. The molecule has 0 rings (SSSR count). The van der Waals surface area contributed by atoms with E-state index in [1.165, 1.54) is 57.8 Å². The lowest BCUT2D eigenvalue weighted by molar-refractivity contribution is 0.497. The van der Waals surface area contributed by atoms with Gasteiger partial charge in [-0.3, -0.25) is 0 Å². The molecular formula is C16H30. The molecule has 1 unspecified atom stereocenters. The van der Waals surface area contributed by atoms with E-state index >= 15 is 0 Å². The molecule has 0 saturated carbocycles. The predicted octanol–water partition coefficient (Wildman–Crippen LogP) is 5.90. The number of rotatable bonds is 11. The van der Waals surface area contributed by atoms with E-state index in [0.29, 0.717) is 0 Å². The first kappa shape index (κ1) is 15.5. The fourth-order valence-corrected chi connectivity index (χ4v) is 2.04. The lowest BCUT2D eigenvalue weighted by Crippen LogP contribution is -1.95. The van der Waals surface area contributed by atoms with Gasteiger partial charge in [-0.25, -0.2) is 0 Å². The van der Waals surface area contributed by atoms with Crippen LogP contribution in [0.5, 0.6) is 0 Å². The Morgan fingerprint density at radius 3 is 2.31 bits per heavy atom. The molecule has 0 aromatic rings. The third-order valence-corrected chi connectivity index (χ3v) is 3.20. The van der Waals surface area contributed by atoms with Crippen molar-refractivity contribution in [3.05, 3.63) is 24.8 Å². The number of hydrogen-bond donors (Lipinski definition) is 0. The number of allylic oxidation sites excluding steroid dienone is 3. The highest BCUT2D eigenvalue weighted by atomic mass is 14.1.